The molecule has 1 aromatic carbocycles. The van der Waals surface area contributed by atoms with Crippen molar-refractivity contribution in [3.8, 4) is 0 Å². The van der Waals surface area contributed by atoms with Crippen LogP contribution in [-0.4, -0.2) is 34.5 Å². The molecule has 1 aliphatic rings. The van der Waals surface area contributed by atoms with E-state index in [0.29, 0.717) is 18.5 Å². The Morgan fingerprint density at radius 2 is 2.19 bits per heavy atom. The van der Waals surface area contributed by atoms with Crippen LogP contribution in [0.15, 0.2) is 30.3 Å². The van der Waals surface area contributed by atoms with Crippen molar-refractivity contribution >= 4 is 18.0 Å². The summed E-state index contributed by atoms with van der Waals surface area (Å²) in [4.78, 5) is 24.7. The zero-order valence-electron chi connectivity index (χ0n) is 11.7. The maximum atomic E-state index is 13.0. The van der Waals surface area contributed by atoms with Gasteiger partial charge >= 0.3 is 5.97 Å². The molecule has 0 bridgehead atoms. The number of carboxylic acid groups (broad SMARTS) is 1. The number of benzene rings is 1. The molecule has 0 saturated carbocycles. The molecule has 0 aliphatic carbocycles. The lowest BCUT2D eigenvalue weighted by Crippen LogP contribution is -2.47. The Balaban J connectivity index is 1.95. The number of hydrogen-bond acceptors (Lipinski definition) is 2. The monoisotopic (exact) mass is 291 g/mol. The molecule has 1 atom stereocenters. The number of carbonyl (C=O) groups excluding carboxylic acids is 1. The van der Waals surface area contributed by atoms with Gasteiger partial charge in [-0.3, -0.25) is 4.79 Å². The minimum Gasteiger partial charge on any atom is -0.480 e. The van der Waals surface area contributed by atoms with Gasteiger partial charge in [0.25, 0.3) is 0 Å². The number of carbonyl (C=O) groups is 2. The Morgan fingerprint density at radius 3 is 2.90 bits per heavy atom. The van der Waals surface area contributed by atoms with E-state index in [4.69, 9.17) is 5.11 Å². The van der Waals surface area contributed by atoms with E-state index in [9.17, 15) is 14.0 Å². The van der Waals surface area contributed by atoms with Crippen molar-refractivity contribution < 1.29 is 19.1 Å². The zero-order chi connectivity index (χ0) is 15.2. The fourth-order valence-corrected chi connectivity index (χ4v) is 2.51. The van der Waals surface area contributed by atoms with E-state index in [1.165, 1.54) is 17.0 Å². The molecule has 5 heteroatoms. The van der Waals surface area contributed by atoms with Crippen molar-refractivity contribution in [2.75, 3.05) is 6.54 Å². The number of piperidine rings is 1. The molecule has 0 aromatic heterocycles. The number of rotatable bonds is 4. The average molecular weight is 291 g/mol. The van der Waals surface area contributed by atoms with Crippen molar-refractivity contribution in [3.63, 3.8) is 0 Å². The molecular weight excluding hydrogens is 273 g/mol. The average Bonchev–Trinajstić information content (AvgIpc) is 2.47. The lowest BCUT2D eigenvalue weighted by molar-refractivity contribution is -0.151. The summed E-state index contributed by atoms with van der Waals surface area (Å²) in [6.45, 7) is 0.490. The molecule has 0 radical (unpaired) electrons. The van der Waals surface area contributed by atoms with Crippen LogP contribution < -0.4 is 0 Å². The maximum Gasteiger partial charge on any atom is 0.326 e. The number of likely N-dealkylation sites (tertiary alicyclic amines) is 1. The van der Waals surface area contributed by atoms with Crippen LogP contribution >= 0.6 is 0 Å². The van der Waals surface area contributed by atoms with E-state index in [1.807, 2.05) is 0 Å². The summed E-state index contributed by atoms with van der Waals surface area (Å²) in [5.41, 5.74) is 0.677. The van der Waals surface area contributed by atoms with Gasteiger partial charge in [-0.2, -0.15) is 0 Å². The summed E-state index contributed by atoms with van der Waals surface area (Å²) < 4.78 is 13.0. The molecule has 1 N–H and O–H groups in total. The first kappa shape index (κ1) is 15.2. The van der Waals surface area contributed by atoms with Gasteiger partial charge in [0.05, 0.1) is 0 Å². The van der Waals surface area contributed by atoms with E-state index in [2.05, 4.69) is 0 Å². The van der Waals surface area contributed by atoms with Crippen LogP contribution in [0.3, 0.4) is 0 Å². The zero-order valence-corrected chi connectivity index (χ0v) is 11.7. The van der Waals surface area contributed by atoms with Crippen molar-refractivity contribution in [3.05, 3.63) is 41.7 Å². The van der Waals surface area contributed by atoms with E-state index in [1.54, 1.807) is 24.3 Å². The smallest absolute Gasteiger partial charge is 0.326 e. The Bertz CT molecular complexity index is 556. The van der Waals surface area contributed by atoms with Gasteiger partial charge in [0, 0.05) is 13.0 Å². The van der Waals surface area contributed by atoms with Crippen LogP contribution in [0.1, 0.15) is 31.2 Å². The number of aliphatic carboxylic acids is 1. The molecule has 112 valence electrons. The molecule has 1 fully saturated rings. The van der Waals surface area contributed by atoms with Crippen LogP contribution in [0.25, 0.3) is 6.08 Å². The fraction of sp³-hybridized carbons (Fsp3) is 0.375. The number of hydrogen-bond donors (Lipinski definition) is 1. The highest BCUT2D eigenvalue weighted by molar-refractivity contribution is 5.85. The molecule has 1 unspecified atom stereocenters. The van der Waals surface area contributed by atoms with Gasteiger partial charge in [0.15, 0.2) is 0 Å². The second kappa shape index (κ2) is 7.02. The van der Waals surface area contributed by atoms with Crippen LogP contribution in [-0.2, 0) is 9.59 Å². The first-order valence-corrected chi connectivity index (χ1v) is 7.02. The van der Waals surface area contributed by atoms with Crippen molar-refractivity contribution in [2.24, 2.45) is 0 Å². The minimum atomic E-state index is -0.947. The Hall–Kier alpha value is -2.17. The second-order valence-corrected chi connectivity index (χ2v) is 5.10. The van der Waals surface area contributed by atoms with Crippen LogP contribution in [0.2, 0.25) is 0 Å². The highest BCUT2D eigenvalue weighted by Gasteiger charge is 2.30. The molecule has 4 nitrogen and oxygen atoms in total. The molecule has 21 heavy (non-hydrogen) atoms. The van der Waals surface area contributed by atoms with Crippen molar-refractivity contribution in [2.45, 2.75) is 31.7 Å². The van der Waals surface area contributed by atoms with Gasteiger partial charge < -0.3 is 10.0 Å². The normalized spacial score (nSPS) is 18.9. The Morgan fingerprint density at radius 1 is 1.38 bits per heavy atom. The largest absolute Gasteiger partial charge is 0.480 e. The first-order valence-electron chi connectivity index (χ1n) is 7.02. The summed E-state index contributed by atoms with van der Waals surface area (Å²) in [5, 5.41) is 9.14. The number of halogens is 1. The number of carboxylic acids is 1. The first-order chi connectivity index (χ1) is 10.1. The highest BCUT2D eigenvalue weighted by atomic mass is 19.1. The number of nitrogens with zero attached hydrogens (tertiary/aromatic N) is 1. The third kappa shape index (κ3) is 4.15. The Labute approximate surface area is 122 Å². The second-order valence-electron chi connectivity index (χ2n) is 5.10. The third-order valence-corrected chi connectivity index (χ3v) is 3.56. The number of amides is 1. The standard InChI is InChI=1S/C16H18FNO3/c17-13-7-3-5-12(11-13)6-4-9-15(19)18-10-2-1-8-14(18)16(20)21/h3-7,11,14H,1-2,8-10H2,(H,20,21). The maximum absolute atomic E-state index is 13.0. The predicted octanol–water partition coefficient (Wildman–Crippen LogP) is 2.69. The fourth-order valence-electron chi connectivity index (χ4n) is 2.51. The summed E-state index contributed by atoms with van der Waals surface area (Å²) in [7, 11) is 0. The lowest BCUT2D eigenvalue weighted by Gasteiger charge is -2.32. The summed E-state index contributed by atoms with van der Waals surface area (Å²) in [5.74, 6) is -1.47. The van der Waals surface area contributed by atoms with Gasteiger partial charge in [-0.25, -0.2) is 9.18 Å². The summed E-state index contributed by atoms with van der Waals surface area (Å²) in [6.07, 6.45) is 5.61. The van der Waals surface area contributed by atoms with E-state index in [0.717, 1.165) is 12.8 Å². The molecule has 1 amide bonds. The Kier molecular flexibility index (Phi) is 5.09. The quantitative estimate of drug-likeness (QED) is 0.928. The molecule has 1 saturated heterocycles. The van der Waals surface area contributed by atoms with Crippen LogP contribution in [0.4, 0.5) is 4.39 Å². The van der Waals surface area contributed by atoms with Crippen molar-refractivity contribution in [1.82, 2.24) is 4.90 Å². The molecule has 1 aliphatic heterocycles. The van der Waals surface area contributed by atoms with E-state index >= 15 is 0 Å². The van der Waals surface area contributed by atoms with Gasteiger partial charge in [-0.15, -0.1) is 0 Å². The third-order valence-electron chi connectivity index (χ3n) is 3.56. The van der Waals surface area contributed by atoms with Gasteiger partial charge in [-0.05, 0) is 37.0 Å². The van der Waals surface area contributed by atoms with E-state index in [-0.39, 0.29) is 18.1 Å². The molecular formula is C16H18FNO3. The van der Waals surface area contributed by atoms with E-state index < -0.39 is 12.0 Å². The molecule has 0 spiro atoms. The highest BCUT2D eigenvalue weighted by Crippen LogP contribution is 2.18. The SMILES string of the molecule is O=C(O)C1CCCCN1C(=O)CC=Cc1cccc(F)c1. The van der Waals surface area contributed by atoms with Gasteiger partial charge in [0.2, 0.25) is 5.91 Å². The van der Waals surface area contributed by atoms with Gasteiger partial charge in [0.1, 0.15) is 11.9 Å². The summed E-state index contributed by atoms with van der Waals surface area (Å²) >= 11 is 0. The minimum absolute atomic E-state index is 0.125. The predicted molar refractivity (Wildman–Crippen MR) is 77.0 cm³/mol. The van der Waals surface area contributed by atoms with Crippen LogP contribution in [0.5, 0.6) is 0 Å². The molecule has 2 rings (SSSR count). The lowest BCUT2D eigenvalue weighted by atomic mass is 10.0. The van der Waals surface area contributed by atoms with Crippen molar-refractivity contribution in [1.29, 1.82) is 0 Å². The van der Waals surface area contributed by atoms with Crippen LogP contribution in [0, 0.1) is 5.82 Å². The topological polar surface area (TPSA) is 57.6 Å². The van der Waals surface area contributed by atoms with Gasteiger partial charge in [-0.1, -0.05) is 24.3 Å². The molecule has 1 heterocycles. The molecule has 1 aromatic rings. The summed E-state index contributed by atoms with van der Waals surface area (Å²) in [6, 6.07) is 5.36.